The summed E-state index contributed by atoms with van der Waals surface area (Å²) in [6.07, 6.45) is 1.10. The van der Waals surface area contributed by atoms with Crippen molar-refractivity contribution in [2.45, 2.75) is 0 Å². The van der Waals surface area contributed by atoms with Crippen molar-refractivity contribution in [3.8, 4) is 0 Å². The van der Waals surface area contributed by atoms with E-state index in [1.807, 2.05) is 0 Å². The first-order valence-corrected chi connectivity index (χ1v) is 4.16. The number of rotatable bonds is 2. The van der Waals surface area contributed by atoms with Crippen LogP contribution >= 0.6 is 15.9 Å². The molecule has 0 amide bonds. The number of hydrogen-bond acceptors (Lipinski definition) is 2. The van der Waals surface area contributed by atoms with Crippen molar-refractivity contribution < 1.29 is 13.6 Å². The van der Waals surface area contributed by atoms with Gasteiger partial charge in [0.15, 0.2) is 11.6 Å². The molecule has 0 saturated carbocycles. The second kappa shape index (κ2) is 4.32. The molecule has 1 aromatic rings. The molecule has 0 aliphatic rings. The molecule has 70 valence electrons. The van der Waals surface area contributed by atoms with Gasteiger partial charge in [-0.25, -0.2) is 8.78 Å². The summed E-state index contributed by atoms with van der Waals surface area (Å²) in [5.74, 6) is -1.88. The van der Waals surface area contributed by atoms with E-state index in [2.05, 4.69) is 25.9 Å². The van der Waals surface area contributed by atoms with Gasteiger partial charge in [0.05, 0.1) is 10.7 Å². The van der Waals surface area contributed by atoms with E-state index < -0.39 is 11.6 Å². The van der Waals surface area contributed by atoms with E-state index in [-0.39, 0.29) is 10.0 Å². The Morgan fingerprint density at radius 1 is 1.38 bits per heavy atom. The van der Waals surface area contributed by atoms with E-state index in [0.717, 1.165) is 6.21 Å². The molecule has 1 rings (SSSR count). The van der Waals surface area contributed by atoms with Crippen molar-refractivity contribution in [3.05, 3.63) is 33.8 Å². The van der Waals surface area contributed by atoms with Crippen LogP contribution in [0.2, 0.25) is 0 Å². The lowest BCUT2D eigenvalue weighted by atomic mass is 10.2. The van der Waals surface area contributed by atoms with Gasteiger partial charge in [-0.2, -0.15) is 0 Å². The molecule has 0 aromatic heterocycles. The molecule has 0 unspecified atom stereocenters. The molecule has 0 spiro atoms. The van der Waals surface area contributed by atoms with E-state index in [0.29, 0.717) is 0 Å². The Bertz CT molecular complexity index is 341. The number of benzene rings is 1. The van der Waals surface area contributed by atoms with Crippen LogP contribution in [0.5, 0.6) is 0 Å². The summed E-state index contributed by atoms with van der Waals surface area (Å²) < 4.78 is 26.0. The van der Waals surface area contributed by atoms with Crippen molar-refractivity contribution in [1.29, 1.82) is 0 Å². The molecule has 2 nitrogen and oxygen atoms in total. The van der Waals surface area contributed by atoms with Crippen molar-refractivity contribution in [1.82, 2.24) is 0 Å². The Labute approximate surface area is 82.3 Å². The van der Waals surface area contributed by atoms with Crippen LogP contribution in [-0.2, 0) is 4.84 Å². The zero-order valence-electron chi connectivity index (χ0n) is 6.72. The summed E-state index contributed by atoms with van der Waals surface area (Å²) in [5, 5.41) is 3.33. The molecule has 0 aliphatic heterocycles. The van der Waals surface area contributed by atoms with Crippen molar-refractivity contribution >= 4 is 22.1 Å². The lowest BCUT2D eigenvalue weighted by Crippen LogP contribution is -1.94. The molecule has 0 N–H and O–H groups in total. The Hall–Kier alpha value is -0.970. The van der Waals surface area contributed by atoms with Gasteiger partial charge in [0.25, 0.3) is 0 Å². The average Bonchev–Trinajstić information content (AvgIpc) is 2.13. The Morgan fingerprint density at radius 3 is 2.69 bits per heavy atom. The van der Waals surface area contributed by atoms with Crippen LogP contribution in [-0.4, -0.2) is 13.3 Å². The molecule has 0 bridgehead atoms. The second-order valence-electron chi connectivity index (χ2n) is 2.18. The third-order valence-electron chi connectivity index (χ3n) is 1.36. The van der Waals surface area contributed by atoms with Crippen LogP contribution in [0.15, 0.2) is 21.8 Å². The van der Waals surface area contributed by atoms with Gasteiger partial charge in [-0.05, 0) is 28.1 Å². The SMILES string of the molecule is CO/N=C/c1ccc(Br)c(F)c1F. The minimum atomic E-state index is -0.949. The van der Waals surface area contributed by atoms with Gasteiger partial charge in [-0.3, -0.25) is 0 Å². The molecular formula is C8H6BrF2NO. The Morgan fingerprint density at radius 2 is 2.08 bits per heavy atom. The molecule has 0 fully saturated rings. The summed E-state index contributed by atoms with van der Waals surface area (Å²) in [6.45, 7) is 0. The lowest BCUT2D eigenvalue weighted by molar-refractivity contribution is 0.215. The van der Waals surface area contributed by atoms with Gasteiger partial charge in [0.1, 0.15) is 7.11 Å². The summed E-state index contributed by atoms with van der Waals surface area (Å²) in [6, 6.07) is 2.79. The monoisotopic (exact) mass is 249 g/mol. The maximum absolute atomic E-state index is 13.0. The third kappa shape index (κ3) is 2.24. The Balaban J connectivity index is 3.11. The highest BCUT2D eigenvalue weighted by molar-refractivity contribution is 9.10. The third-order valence-corrected chi connectivity index (χ3v) is 1.97. The summed E-state index contributed by atoms with van der Waals surface area (Å²) in [5.41, 5.74) is 0.0440. The highest BCUT2D eigenvalue weighted by Gasteiger charge is 2.09. The van der Waals surface area contributed by atoms with Gasteiger partial charge in [0, 0.05) is 5.56 Å². The highest BCUT2D eigenvalue weighted by Crippen LogP contribution is 2.19. The highest BCUT2D eigenvalue weighted by atomic mass is 79.9. The predicted octanol–water partition coefficient (Wildman–Crippen LogP) is 2.71. The Kier molecular flexibility index (Phi) is 3.36. The van der Waals surface area contributed by atoms with Crippen LogP contribution in [0.3, 0.4) is 0 Å². The van der Waals surface area contributed by atoms with Gasteiger partial charge < -0.3 is 4.84 Å². The van der Waals surface area contributed by atoms with Gasteiger partial charge >= 0.3 is 0 Å². The molecule has 13 heavy (non-hydrogen) atoms. The minimum absolute atomic E-state index is 0.0440. The average molecular weight is 250 g/mol. The zero-order chi connectivity index (χ0) is 9.84. The van der Waals surface area contributed by atoms with Crippen LogP contribution < -0.4 is 0 Å². The van der Waals surface area contributed by atoms with Crippen molar-refractivity contribution in [2.24, 2.45) is 5.16 Å². The topological polar surface area (TPSA) is 21.6 Å². The fourth-order valence-electron chi connectivity index (χ4n) is 0.750. The normalized spacial score (nSPS) is 10.8. The molecule has 0 radical (unpaired) electrons. The van der Waals surface area contributed by atoms with Crippen molar-refractivity contribution in [3.63, 3.8) is 0 Å². The smallest absolute Gasteiger partial charge is 0.173 e. The second-order valence-corrected chi connectivity index (χ2v) is 3.04. The van der Waals surface area contributed by atoms with E-state index >= 15 is 0 Å². The van der Waals surface area contributed by atoms with Crippen LogP contribution in [0.1, 0.15) is 5.56 Å². The number of nitrogens with zero attached hydrogens (tertiary/aromatic N) is 1. The molecule has 0 saturated heterocycles. The van der Waals surface area contributed by atoms with E-state index in [4.69, 9.17) is 0 Å². The molecule has 5 heteroatoms. The fourth-order valence-corrected chi connectivity index (χ4v) is 1.06. The first-order chi connectivity index (χ1) is 6.16. The van der Waals surface area contributed by atoms with E-state index in [9.17, 15) is 8.78 Å². The van der Waals surface area contributed by atoms with Gasteiger partial charge in [0.2, 0.25) is 0 Å². The van der Waals surface area contributed by atoms with Gasteiger partial charge in [-0.1, -0.05) is 5.16 Å². The van der Waals surface area contributed by atoms with E-state index in [1.165, 1.54) is 19.2 Å². The largest absolute Gasteiger partial charge is 0.399 e. The predicted molar refractivity (Wildman–Crippen MR) is 48.7 cm³/mol. The molecule has 0 heterocycles. The molecule has 0 atom stereocenters. The number of hydrogen-bond donors (Lipinski definition) is 0. The summed E-state index contributed by atoms with van der Waals surface area (Å²) >= 11 is 2.86. The zero-order valence-corrected chi connectivity index (χ0v) is 8.31. The quantitative estimate of drug-likeness (QED) is 0.449. The fraction of sp³-hybridized carbons (Fsp3) is 0.125. The molecule has 0 aliphatic carbocycles. The minimum Gasteiger partial charge on any atom is -0.399 e. The standard InChI is InChI=1S/C8H6BrF2NO/c1-13-12-4-5-2-3-6(9)8(11)7(5)10/h2-4H,1H3/b12-4+. The lowest BCUT2D eigenvalue weighted by Gasteiger charge is -1.99. The van der Waals surface area contributed by atoms with Crippen LogP contribution in [0, 0.1) is 11.6 Å². The molecular weight excluding hydrogens is 244 g/mol. The summed E-state index contributed by atoms with van der Waals surface area (Å²) in [7, 11) is 1.32. The first kappa shape index (κ1) is 10.1. The van der Waals surface area contributed by atoms with Crippen molar-refractivity contribution in [2.75, 3.05) is 7.11 Å². The maximum Gasteiger partial charge on any atom is 0.173 e. The van der Waals surface area contributed by atoms with Crippen LogP contribution in [0.25, 0.3) is 0 Å². The summed E-state index contributed by atoms with van der Waals surface area (Å²) in [4.78, 5) is 4.34. The van der Waals surface area contributed by atoms with E-state index in [1.54, 1.807) is 0 Å². The first-order valence-electron chi connectivity index (χ1n) is 3.37. The van der Waals surface area contributed by atoms with Gasteiger partial charge in [-0.15, -0.1) is 0 Å². The maximum atomic E-state index is 13.0. The van der Waals surface area contributed by atoms with Crippen LogP contribution in [0.4, 0.5) is 8.78 Å². The molecule has 1 aromatic carbocycles. The number of halogens is 3. The number of oxime groups is 1.